The number of hydrogen-bond acceptors (Lipinski definition) is 1. The zero-order chi connectivity index (χ0) is 9.97. The van der Waals surface area contributed by atoms with Crippen LogP contribution in [0.3, 0.4) is 0 Å². The first kappa shape index (κ1) is 9.72. The lowest BCUT2D eigenvalue weighted by atomic mass is 9.87. The number of benzene rings is 1. The van der Waals surface area contributed by atoms with E-state index in [-0.39, 0.29) is 0 Å². The molecule has 1 aromatic carbocycles. The van der Waals surface area contributed by atoms with Crippen LogP contribution in [0.4, 0.5) is 0 Å². The van der Waals surface area contributed by atoms with Crippen LogP contribution >= 0.6 is 0 Å². The first-order valence-corrected chi connectivity index (χ1v) is 5.54. The van der Waals surface area contributed by atoms with Crippen molar-refractivity contribution in [1.29, 1.82) is 0 Å². The van der Waals surface area contributed by atoms with Gasteiger partial charge in [0.05, 0.1) is 0 Å². The van der Waals surface area contributed by atoms with Gasteiger partial charge in [0.15, 0.2) is 0 Å². The van der Waals surface area contributed by atoms with E-state index in [0.29, 0.717) is 5.92 Å². The second-order valence-electron chi connectivity index (χ2n) is 4.45. The van der Waals surface area contributed by atoms with Gasteiger partial charge in [-0.15, -0.1) is 0 Å². The fraction of sp³-hybridized carbons (Fsp3) is 0.538. The van der Waals surface area contributed by atoms with E-state index in [1.807, 2.05) is 0 Å². The van der Waals surface area contributed by atoms with Crippen LogP contribution in [0, 0.1) is 12.8 Å². The summed E-state index contributed by atoms with van der Waals surface area (Å²) in [6.07, 6.45) is 1.33. The molecule has 1 heterocycles. The summed E-state index contributed by atoms with van der Waals surface area (Å²) >= 11 is 0. The van der Waals surface area contributed by atoms with Crippen LogP contribution in [0.2, 0.25) is 0 Å². The topological polar surface area (TPSA) is 12.0 Å². The largest absolute Gasteiger partial charge is 0.316 e. The molecule has 1 aliphatic rings. The van der Waals surface area contributed by atoms with Gasteiger partial charge >= 0.3 is 0 Å². The molecule has 76 valence electrons. The first-order valence-electron chi connectivity index (χ1n) is 5.54. The predicted molar refractivity (Wildman–Crippen MR) is 60.6 cm³/mol. The minimum atomic E-state index is 0.700. The Balaban J connectivity index is 2.09. The lowest BCUT2D eigenvalue weighted by Crippen LogP contribution is -2.14. The zero-order valence-corrected chi connectivity index (χ0v) is 9.09. The summed E-state index contributed by atoms with van der Waals surface area (Å²) in [6, 6.07) is 8.99. The van der Waals surface area contributed by atoms with E-state index in [1.165, 1.54) is 30.6 Å². The third-order valence-electron chi connectivity index (χ3n) is 3.41. The molecule has 1 heteroatoms. The molecule has 1 fully saturated rings. The van der Waals surface area contributed by atoms with Gasteiger partial charge in [-0.2, -0.15) is 0 Å². The Morgan fingerprint density at radius 2 is 2.00 bits per heavy atom. The summed E-state index contributed by atoms with van der Waals surface area (Å²) in [5, 5.41) is 3.43. The van der Waals surface area contributed by atoms with Crippen molar-refractivity contribution < 1.29 is 0 Å². The number of hydrogen-bond donors (Lipinski definition) is 1. The van der Waals surface area contributed by atoms with E-state index < -0.39 is 0 Å². The smallest absolute Gasteiger partial charge is 0.00143 e. The van der Waals surface area contributed by atoms with Crippen molar-refractivity contribution in [2.24, 2.45) is 5.92 Å². The van der Waals surface area contributed by atoms with Gasteiger partial charge in [-0.3, -0.25) is 0 Å². The van der Waals surface area contributed by atoms with Crippen molar-refractivity contribution in [3.63, 3.8) is 0 Å². The Hall–Kier alpha value is -0.820. The van der Waals surface area contributed by atoms with E-state index in [2.05, 4.69) is 43.4 Å². The monoisotopic (exact) mass is 189 g/mol. The lowest BCUT2D eigenvalue weighted by Gasteiger charge is -2.18. The molecule has 0 amide bonds. The molecule has 0 saturated carbocycles. The van der Waals surface area contributed by atoms with Crippen LogP contribution in [0.15, 0.2) is 24.3 Å². The second kappa shape index (κ2) is 4.14. The molecule has 1 N–H and O–H groups in total. The molecule has 1 nitrogen and oxygen atoms in total. The van der Waals surface area contributed by atoms with E-state index in [9.17, 15) is 0 Å². The van der Waals surface area contributed by atoms with Crippen LogP contribution < -0.4 is 5.32 Å². The summed E-state index contributed by atoms with van der Waals surface area (Å²) in [4.78, 5) is 0. The molecule has 1 saturated heterocycles. The second-order valence-corrected chi connectivity index (χ2v) is 4.45. The van der Waals surface area contributed by atoms with Crippen LogP contribution in [-0.4, -0.2) is 13.1 Å². The fourth-order valence-corrected chi connectivity index (χ4v) is 2.25. The molecule has 2 unspecified atom stereocenters. The Morgan fingerprint density at radius 1 is 1.29 bits per heavy atom. The van der Waals surface area contributed by atoms with Crippen LogP contribution in [-0.2, 0) is 0 Å². The Kier molecular flexibility index (Phi) is 2.87. The molecule has 14 heavy (non-hydrogen) atoms. The summed E-state index contributed by atoms with van der Waals surface area (Å²) in [5.74, 6) is 1.53. The number of aryl methyl sites for hydroxylation is 1. The fourth-order valence-electron chi connectivity index (χ4n) is 2.25. The first-order chi connectivity index (χ1) is 6.77. The molecule has 1 aliphatic heterocycles. The van der Waals surface area contributed by atoms with Gasteiger partial charge in [-0.25, -0.2) is 0 Å². The van der Waals surface area contributed by atoms with E-state index in [1.54, 1.807) is 0 Å². The molecule has 1 aromatic rings. The Morgan fingerprint density at radius 3 is 2.57 bits per heavy atom. The maximum absolute atomic E-state index is 3.43. The molecule has 2 atom stereocenters. The van der Waals surface area contributed by atoms with E-state index in [4.69, 9.17) is 0 Å². The molecule has 0 spiro atoms. The SMILES string of the molecule is Cc1ccc(C(C)C2CCNC2)cc1. The highest BCUT2D eigenvalue weighted by Gasteiger charge is 2.21. The molecule has 0 aliphatic carbocycles. The maximum atomic E-state index is 3.43. The minimum absolute atomic E-state index is 0.700. The van der Waals surface area contributed by atoms with E-state index >= 15 is 0 Å². The molecule has 0 aromatic heterocycles. The third-order valence-corrected chi connectivity index (χ3v) is 3.41. The summed E-state index contributed by atoms with van der Waals surface area (Å²) in [7, 11) is 0. The van der Waals surface area contributed by atoms with E-state index in [0.717, 1.165) is 5.92 Å². The third kappa shape index (κ3) is 1.98. The number of rotatable bonds is 2. The summed E-state index contributed by atoms with van der Waals surface area (Å²) in [6.45, 7) is 6.88. The maximum Gasteiger partial charge on any atom is -0.00143 e. The van der Waals surface area contributed by atoms with Gasteiger partial charge in [-0.05, 0) is 43.8 Å². The van der Waals surface area contributed by atoms with Gasteiger partial charge in [0.1, 0.15) is 0 Å². The zero-order valence-electron chi connectivity index (χ0n) is 9.09. The van der Waals surface area contributed by atoms with Crippen LogP contribution in [0.5, 0.6) is 0 Å². The van der Waals surface area contributed by atoms with Crippen molar-refractivity contribution in [3.8, 4) is 0 Å². The standard InChI is InChI=1S/C13H19N/c1-10-3-5-12(6-4-10)11(2)13-7-8-14-9-13/h3-6,11,13-14H,7-9H2,1-2H3. The molecular formula is C13H19N. The van der Waals surface area contributed by atoms with Gasteiger partial charge in [0.2, 0.25) is 0 Å². The summed E-state index contributed by atoms with van der Waals surface area (Å²) in [5.41, 5.74) is 2.84. The van der Waals surface area contributed by atoms with Crippen molar-refractivity contribution in [1.82, 2.24) is 5.32 Å². The normalized spacial score (nSPS) is 23.7. The number of nitrogens with one attached hydrogen (secondary N) is 1. The van der Waals surface area contributed by atoms with Crippen molar-refractivity contribution in [3.05, 3.63) is 35.4 Å². The van der Waals surface area contributed by atoms with Crippen LogP contribution in [0.25, 0.3) is 0 Å². The predicted octanol–water partition coefficient (Wildman–Crippen LogP) is 2.71. The van der Waals surface area contributed by atoms with Gasteiger partial charge in [-0.1, -0.05) is 36.8 Å². The highest BCUT2D eigenvalue weighted by atomic mass is 14.9. The van der Waals surface area contributed by atoms with Crippen LogP contribution in [0.1, 0.15) is 30.4 Å². The molecule has 0 radical (unpaired) electrons. The quantitative estimate of drug-likeness (QED) is 0.754. The average molecular weight is 189 g/mol. The van der Waals surface area contributed by atoms with Gasteiger partial charge < -0.3 is 5.32 Å². The lowest BCUT2D eigenvalue weighted by molar-refractivity contribution is 0.487. The minimum Gasteiger partial charge on any atom is -0.316 e. The van der Waals surface area contributed by atoms with Crippen molar-refractivity contribution in [2.45, 2.75) is 26.2 Å². The Labute approximate surface area is 86.5 Å². The molecule has 0 bridgehead atoms. The molecule has 2 rings (SSSR count). The molecular weight excluding hydrogens is 170 g/mol. The highest BCUT2D eigenvalue weighted by Crippen LogP contribution is 2.28. The Bertz CT molecular complexity index is 283. The summed E-state index contributed by atoms with van der Waals surface area (Å²) < 4.78 is 0. The average Bonchev–Trinajstić information content (AvgIpc) is 2.71. The van der Waals surface area contributed by atoms with Gasteiger partial charge in [0.25, 0.3) is 0 Å². The van der Waals surface area contributed by atoms with Crippen molar-refractivity contribution >= 4 is 0 Å². The van der Waals surface area contributed by atoms with Crippen molar-refractivity contribution in [2.75, 3.05) is 13.1 Å². The highest BCUT2D eigenvalue weighted by molar-refractivity contribution is 5.24. The van der Waals surface area contributed by atoms with Gasteiger partial charge in [0, 0.05) is 0 Å².